The lowest BCUT2D eigenvalue weighted by molar-refractivity contribution is -0.122. The van der Waals surface area contributed by atoms with Crippen LogP contribution in [-0.4, -0.2) is 44.3 Å². The number of nitrogens with zero attached hydrogens (tertiary/aromatic N) is 4. The SMILES string of the molecule is Cc1ccccc1-n1nnnc1SCC(=O)NCC(=O)Nc1ccccc1Br. The van der Waals surface area contributed by atoms with E-state index >= 15 is 0 Å². The molecule has 28 heavy (non-hydrogen) atoms. The van der Waals surface area contributed by atoms with Crippen molar-refractivity contribution in [3.63, 3.8) is 0 Å². The molecule has 0 aliphatic rings. The highest BCUT2D eigenvalue weighted by Crippen LogP contribution is 2.21. The number of halogens is 1. The fraction of sp³-hybridized carbons (Fsp3) is 0.167. The second-order valence-corrected chi connectivity index (χ2v) is 7.55. The van der Waals surface area contributed by atoms with Crippen molar-refractivity contribution in [2.24, 2.45) is 0 Å². The lowest BCUT2D eigenvalue weighted by Crippen LogP contribution is -2.34. The van der Waals surface area contributed by atoms with Crippen LogP contribution in [0.4, 0.5) is 5.69 Å². The number of anilines is 1. The van der Waals surface area contributed by atoms with Gasteiger partial charge in [0.15, 0.2) is 0 Å². The fourth-order valence-corrected chi connectivity index (χ4v) is 3.44. The Labute approximate surface area is 174 Å². The molecule has 0 aliphatic carbocycles. The van der Waals surface area contributed by atoms with E-state index in [-0.39, 0.29) is 24.1 Å². The molecule has 0 atom stereocenters. The zero-order valence-corrected chi connectivity index (χ0v) is 17.3. The first-order valence-corrected chi connectivity index (χ1v) is 10.1. The third kappa shape index (κ3) is 5.17. The van der Waals surface area contributed by atoms with E-state index in [0.717, 1.165) is 15.7 Å². The maximum absolute atomic E-state index is 12.1. The summed E-state index contributed by atoms with van der Waals surface area (Å²) in [6, 6.07) is 15.0. The van der Waals surface area contributed by atoms with Crippen molar-refractivity contribution in [3.05, 3.63) is 58.6 Å². The third-order valence-corrected chi connectivity index (χ3v) is 5.32. The molecule has 1 aromatic heterocycles. The number of amides is 2. The molecule has 0 aliphatic heterocycles. The first-order valence-electron chi connectivity index (χ1n) is 8.33. The fourth-order valence-electron chi connectivity index (χ4n) is 2.34. The number of tetrazole rings is 1. The first-order chi connectivity index (χ1) is 13.5. The summed E-state index contributed by atoms with van der Waals surface area (Å²) >= 11 is 4.56. The van der Waals surface area contributed by atoms with Crippen LogP contribution in [0.15, 0.2) is 58.2 Å². The lowest BCUT2D eigenvalue weighted by atomic mass is 10.2. The van der Waals surface area contributed by atoms with Crippen molar-refractivity contribution in [1.29, 1.82) is 0 Å². The zero-order valence-electron chi connectivity index (χ0n) is 14.9. The van der Waals surface area contributed by atoms with Crippen LogP contribution >= 0.6 is 27.7 Å². The van der Waals surface area contributed by atoms with Gasteiger partial charge in [-0.15, -0.1) is 5.10 Å². The van der Waals surface area contributed by atoms with Crippen molar-refractivity contribution < 1.29 is 9.59 Å². The molecule has 8 nitrogen and oxygen atoms in total. The molecule has 0 unspecified atom stereocenters. The summed E-state index contributed by atoms with van der Waals surface area (Å²) < 4.78 is 2.36. The predicted octanol–water partition coefficient (Wildman–Crippen LogP) is 2.58. The van der Waals surface area contributed by atoms with E-state index in [4.69, 9.17) is 0 Å². The van der Waals surface area contributed by atoms with Crippen molar-refractivity contribution in [1.82, 2.24) is 25.5 Å². The van der Waals surface area contributed by atoms with E-state index < -0.39 is 0 Å². The van der Waals surface area contributed by atoms with Crippen LogP contribution in [0.2, 0.25) is 0 Å². The third-order valence-electron chi connectivity index (χ3n) is 3.71. The molecule has 1 heterocycles. The van der Waals surface area contributed by atoms with Crippen molar-refractivity contribution in [3.8, 4) is 5.69 Å². The van der Waals surface area contributed by atoms with E-state index in [1.165, 1.54) is 11.8 Å². The number of aryl methyl sites for hydroxylation is 1. The average Bonchev–Trinajstić information content (AvgIpc) is 3.15. The molecule has 2 N–H and O–H groups in total. The van der Waals surface area contributed by atoms with Gasteiger partial charge in [0.25, 0.3) is 0 Å². The maximum atomic E-state index is 12.1. The van der Waals surface area contributed by atoms with Gasteiger partial charge < -0.3 is 10.6 Å². The summed E-state index contributed by atoms with van der Waals surface area (Å²) in [7, 11) is 0. The maximum Gasteiger partial charge on any atom is 0.243 e. The predicted molar refractivity (Wildman–Crippen MR) is 110 cm³/mol. The second-order valence-electron chi connectivity index (χ2n) is 5.75. The van der Waals surface area contributed by atoms with Crippen LogP contribution in [-0.2, 0) is 9.59 Å². The Kier molecular flexibility index (Phi) is 6.77. The van der Waals surface area contributed by atoms with Crippen LogP contribution in [0.1, 0.15) is 5.56 Å². The summed E-state index contributed by atoms with van der Waals surface area (Å²) in [5.41, 5.74) is 2.52. The van der Waals surface area contributed by atoms with E-state index in [0.29, 0.717) is 10.8 Å². The van der Waals surface area contributed by atoms with Gasteiger partial charge in [-0.3, -0.25) is 9.59 Å². The number of para-hydroxylation sites is 2. The Morgan fingerprint density at radius 1 is 1.11 bits per heavy atom. The van der Waals surface area contributed by atoms with E-state index in [1.807, 2.05) is 49.4 Å². The monoisotopic (exact) mass is 460 g/mol. The highest BCUT2D eigenvalue weighted by molar-refractivity contribution is 9.10. The van der Waals surface area contributed by atoms with Crippen molar-refractivity contribution >= 4 is 45.2 Å². The number of nitrogens with one attached hydrogen (secondary N) is 2. The van der Waals surface area contributed by atoms with Gasteiger partial charge in [-0.2, -0.15) is 4.68 Å². The van der Waals surface area contributed by atoms with Gasteiger partial charge in [-0.25, -0.2) is 0 Å². The van der Waals surface area contributed by atoms with Gasteiger partial charge in [0.1, 0.15) is 0 Å². The summed E-state index contributed by atoms with van der Waals surface area (Å²) in [5, 5.41) is 17.5. The van der Waals surface area contributed by atoms with Gasteiger partial charge in [-0.1, -0.05) is 42.1 Å². The summed E-state index contributed by atoms with van der Waals surface area (Å²) in [4.78, 5) is 24.1. The topological polar surface area (TPSA) is 102 Å². The molecule has 2 aromatic carbocycles. The standard InChI is InChI=1S/C18H17BrN6O2S/c1-12-6-2-5-9-15(12)25-18(22-23-24-25)28-11-17(27)20-10-16(26)21-14-8-4-3-7-13(14)19/h2-9H,10-11H2,1H3,(H,20,27)(H,21,26). The summed E-state index contributed by atoms with van der Waals surface area (Å²) in [6.45, 7) is 1.84. The zero-order chi connectivity index (χ0) is 19.9. The number of carbonyl (C=O) groups excluding carboxylic acids is 2. The normalized spacial score (nSPS) is 10.5. The van der Waals surface area contributed by atoms with E-state index in [9.17, 15) is 9.59 Å². The Morgan fingerprint density at radius 3 is 2.64 bits per heavy atom. The Balaban J connectivity index is 1.50. The molecule has 0 bridgehead atoms. The number of thioether (sulfide) groups is 1. The average molecular weight is 461 g/mol. The number of hydrogen-bond acceptors (Lipinski definition) is 6. The molecule has 10 heteroatoms. The molecule has 0 radical (unpaired) electrons. The largest absolute Gasteiger partial charge is 0.346 e. The van der Waals surface area contributed by atoms with Crippen LogP contribution < -0.4 is 10.6 Å². The minimum Gasteiger partial charge on any atom is -0.346 e. The molecular weight excluding hydrogens is 444 g/mol. The van der Waals surface area contributed by atoms with Gasteiger partial charge in [0.2, 0.25) is 17.0 Å². The molecular formula is C18H17BrN6O2S. The molecule has 0 spiro atoms. The highest BCUT2D eigenvalue weighted by atomic mass is 79.9. The summed E-state index contributed by atoms with van der Waals surface area (Å²) in [6.07, 6.45) is 0. The van der Waals surface area contributed by atoms with Crippen LogP contribution in [0.5, 0.6) is 0 Å². The molecule has 0 fully saturated rings. The molecule has 0 saturated carbocycles. The van der Waals surface area contributed by atoms with Crippen molar-refractivity contribution in [2.75, 3.05) is 17.6 Å². The van der Waals surface area contributed by atoms with Crippen LogP contribution in [0.3, 0.4) is 0 Å². The Bertz CT molecular complexity index is 993. The van der Waals surface area contributed by atoms with Crippen LogP contribution in [0.25, 0.3) is 5.69 Å². The Morgan fingerprint density at radius 2 is 1.86 bits per heavy atom. The Hall–Kier alpha value is -2.72. The molecule has 144 valence electrons. The second kappa shape index (κ2) is 9.47. The highest BCUT2D eigenvalue weighted by Gasteiger charge is 2.13. The quantitative estimate of drug-likeness (QED) is 0.525. The summed E-state index contributed by atoms with van der Waals surface area (Å²) in [5.74, 6) is -0.504. The number of benzene rings is 2. The number of carbonyl (C=O) groups is 2. The van der Waals surface area contributed by atoms with Gasteiger partial charge in [-0.05, 0) is 57.0 Å². The molecule has 3 aromatic rings. The molecule has 3 rings (SSSR count). The number of rotatable bonds is 7. The van der Waals surface area contributed by atoms with Crippen LogP contribution in [0, 0.1) is 6.92 Å². The van der Waals surface area contributed by atoms with Gasteiger partial charge in [0, 0.05) is 4.47 Å². The number of aromatic nitrogens is 4. The number of hydrogen-bond donors (Lipinski definition) is 2. The minimum atomic E-state index is -0.310. The minimum absolute atomic E-state index is 0.0918. The lowest BCUT2D eigenvalue weighted by Gasteiger charge is -2.09. The van der Waals surface area contributed by atoms with Gasteiger partial charge in [0.05, 0.1) is 23.7 Å². The van der Waals surface area contributed by atoms with Gasteiger partial charge >= 0.3 is 0 Å². The molecule has 2 amide bonds. The molecule has 0 saturated heterocycles. The first kappa shape index (κ1) is 20.0. The van der Waals surface area contributed by atoms with Crippen molar-refractivity contribution in [2.45, 2.75) is 12.1 Å². The smallest absolute Gasteiger partial charge is 0.243 e. The van der Waals surface area contributed by atoms with E-state index in [1.54, 1.807) is 10.7 Å². The van der Waals surface area contributed by atoms with E-state index in [2.05, 4.69) is 42.1 Å².